The number of hydrogen-bond acceptors (Lipinski definition) is 4. The van der Waals surface area contributed by atoms with E-state index in [1.165, 1.54) is 12.8 Å². The van der Waals surface area contributed by atoms with Crippen LogP contribution in [0.2, 0.25) is 0 Å². The van der Waals surface area contributed by atoms with Gasteiger partial charge in [0.1, 0.15) is 5.82 Å². The second-order valence-electron chi connectivity index (χ2n) is 6.25. The molecule has 0 aliphatic heterocycles. The highest BCUT2D eigenvalue weighted by atomic mass is 32.2. The van der Waals surface area contributed by atoms with Crippen LogP contribution in [0.15, 0.2) is 18.3 Å². The number of aliphatic hydroxyl groups is 1. The van der Waals surface area contributed by atoms with Crippen molar-refractivity contribution in [2.75, 3.05) is 17.7 Å². The third-order valence-electron chi connectivity index (χ3n) is 4.33. The summed E-state index contributed by atoms with van der Waals surface area (Å²) in [5.41, 5.74) is 0.856. The Labute approximate surface area is 137 Å². The molecule has 2 rings (SSSR count). The lowest BCUT2D eigenvalue weighted by Crippen LogP contribution is -2.33. The molecule has 1 fully saturated rings. The first-order valence-corrected chi connectivity index (χ1v) is 9.24. The molecule has 0 bridgehead atoms. The number of carbonyl (C=O) groups excluding carboxylic acids is 1. The van der Waals surface area contributed by atoms with E-state index in [1.54, 1.807) is 18.0 Å². The molecule has 122 valence electrons. The zero-order valence-electron chi connectivity index (χ0n) is 13.3. The molecule has 5 heteroatoms. The quantitative estimate of drug-likeness (QED) is 0.620. The summed E-state index contributed by atoms with van der Waals surface area (Å²) in [6.07, 6.45) is 8.40. The summed E-state index contributed by atoms with van der Waals surface area (Å²) in [5, 5.41) is 11.8. The third kappa shape index (κ3) is 4.99. The van der Waals surface area contributed by atoms with Gasteiger partial charge in [0.05, 0.1) is 6.61 Å². The molecule has 1 amide bonds. The van der Waals surface area contributed by atoms with Crippen LogP contribution in [0.1, 0.15) is 51.0 Å². The Morgan fingerprint density at radius 1 is 1.36 bits per heavy atom. The normalized spacial score (nSPS) is 17.7. The van der Waals surface area contributed by atoms with Gasteiger partial charge >= 0.3 is 0 Å². The number of anilines is 1. The van der Waals surface area contributed by atoms with Gasteiger partial charge in [-0.2, -0.15) is 11.8 Å². The standard InChI is InChI=1S/C17H26N2O2S/c1-17(7-4-2-3-5-8-17)16(21)19-15-12-14(6-9-18-15)13-22-11-10-20/h6,9,12,20H,2-5,7-8,10-11,13H2,1H3,(H,18,19,21). The van der Waals surface area contributed by atoms with Crippen molar-refractivity contribution in [2.24, 2.45) is 5.41 Å². The lowest BCUT2D eigenvalue weighted by Gasteiger charge is -2.26. The molecule has 0 atom stereocenters. The van der Waals surface area contributed by atoms with Crippen LogP contribution in [0, 0.1) is 5.41 Å². The van der Waals surface area contributed by atoms with Crippen LogP contribution < -0.4 is 5.32 Å². The zero-order valence-corrected chi connectivity index (χ0v) is 14.1. The van der Waals surface area contributed by atoms with Crippen LogP contribution in [0.3, 0.4) is 0 Å². The molecular weight excluding hydrogens is 296 g/mol. The summed E-state index contributed by atoms with van der Waals surface area (Å²) in [6.45, 7) is 2.27. The number of hydrogen-bond donors (Lipinski definition) is 2. The van der Waals surface area contributed by atoms with Gasteiger partial charge in [0.15, 0.2) is 0 Å². The third-order valence-corrected chi connectivity index (χ3v) is 5.33. The maximum absolute atomic E-state index is 12.6. The van der Waals surface area contributed by atoms with Gasteiger partial charge < -0.3 is 10.4 Å². The smallest absolute Gasteiger partial charge is 0.231 e. The Bertz CT molecular complexity index is 485. The van der Waals surface area contributed by atoms with Crippen LogP contribution >= 0.6 is 11.8 Å². The van der Waals surface area contributed by atoms with Gasteiger partial charge in [0.25, 0.3) is 0 Å². The van der Waals surface area contributed by atoms with E-state index in [4.69, 9.17) is 5.11 Å². The van der Waals surface area contributed by atoms with Crippen molar-refractivity contribution in [1.82, 2.24) is 4.98 Å². The molecule has 0 unspecified atom stereocenters. The summed E-state index contributed by atoms with van der Waals surface area (Å²) in [4.78, 5) is 16.9. The predicted molar refractivity (Wildman–Crippen MR) is 91.9 cm³/mol. The second kappa shape index (κ2) is 8.53. The lowest BCUT2D eigenvalue weighted by atomic mass is 9.81. The van der Waals surface area contributed by atoms with Crippen LogP contribution in [0.25, 0.3) is 0 Å². The Balaban J connectivity index is 1.97. The van der Waals surface area contributed by atoms with Crippen molar-refractivity contribution in [3.05, 3.63) is 23.9 Å². The largest absolute Gasteiger partial charge is 0.396 e. The number of pyridine rings is 1. The molecular formula is C17H26N2O2S. The minimum absolute atomic E-state index is 0.0991. The maximum Gasteiger partial charge on any atom is 0.231 e. The van der Waals surface area contributed by atoms with Gasteiger partial charge in [0, 0.05) is 23.1 Å². The van der Waals surface area contributed by atoms with E-state index in [1.807, 2.05) is 12.1 Å². The Morgan fingerprint density at radius 3 is 2.77 bits per heavy atom. The Morgan fingerprint density at radius 2 is 2.09 bits per heavy atom. The van der Waals surface area contributed by atoms with Gasteiger partial charge in [-0.05, 0) is 30.5 Å². The van der Waals surface area contributed by atoms with Crippen molar-refractivity contribution < 1.29 is 9.90 Å². The zero-order chi connectivity index (χ0) is 15.8. The van der Waals surface area contributed by atoms with E-state index in [9.17, 15) is 4.79 Å². The fourth-order valence-corrected chi connectivity index (χ4v) is 3.58. The number of aromatic nitrogens is 1. The molecule has 0 radical (unpaired) electrons. The minimum atomic E-state index is -0.264. The molecule has 2 N–H and O–H groups in total. The highest BCUT2D eigenvalue weighted by molar-refractivity contribution is 7.98. The number of carbonyl (C=O) groups is 1. The number of nitrogens with zero attached hydrogens (tertiary/aromatic N) is 1. The van der Waals surface area contributed by atoms with E-state index in [0.29, 0.717) is 5.82 Å². The average Bonchev–Trinajstić information content (AvgIpc) is 2.74. The molecule has 1 aliphatic rings. The number of nitrogens with one attached hydrogen (secondary N) is 1. The van der Waals surface area contributed by atoms with Crippen molar-refractivity contribution >= 4 is 23.5 Å². The Kier molecular flexibility index (Phi) is 6.70. The minimum Gasteiger partial charge on any atom is -0.396 e. The molecule has 1 aromatic heterocycles. The molecule has 1 aromatic rings. The summed E-state index contributed by atoms with van der Waals surface area (Å²) < 4.78 is 0. The van der Waals surface area contributed by atoms with Gasteiger partial charge in [-0.1, -0.05) is 32.6 Å². The average molecular weight is 322 g/mol. The van der Waals surface area contributed by atoms with Gasteiger partial charge in [-0.3, -0.25) is 4.79 Å². The van der Waals surface area contributed by atoms with Crippen LogP contribution in [-0.4, -0.2) is 28.4 Å². The number of aliphatic hydroxyl groups excluding tert-OH is 1. The molecule has 1 heterocycles. The monoisotopic (exact) mass is 322 g/mol. The highest BCUT2D eigenvalue weighted by Crippen LogP contribution is 2.35. The summed E-state index contributed by atoms with van der Waals surface area (Å²) >= 11 is 1.67. The number of amides is 1. The Hall–Kier alpha value is -1.07. The van der Waals surface area contributed by atoms with E-state index < -0.39 is 0 Å². The molecule has 0 spiro atoms. The van der Waals surface area contributed by atoms with Crippen molar-refractivity contribution in [2.45, 2.75) is 51.2 Å². The van der Waals surface area contributed by atoms with Gasteiger partial charge in [-0.15, -0.1) is 0 Å². The first-order valence-electron chi connectivity index (χ1n) is 8.09. The number of thioether (sulfide) groups is 1. The molecule has 1 aliphatic carbocycles. The van der Waals surface area contributed by atoms with Gasteiger partial charge in [-0.25, -0.2) is 4.98 Å². The second-order valence-corrected chi connectivity index (χ2v) is 7.36. The van der Waals surface area contributed by atoms with Crippen LogP contribution in [-0.2, 0) is 10.5 Å². The first kappa shape index (κ1) is 17.3. The molecule has 1 saturated carbocycles. The molecule has 0 saturated heterocycles. The topological polar surface area (TPSA) is 62.2 Å². The van der Waals surface area contributed by atoms with Crippen molar-refractivity contribution in [1.29, 1.82) is 0 Å². The van der Waals surface area contributed by atoms with Crippen molar-refractivity contribution in [3.8, 4) is 0 Å². The predicted octanol–water partition coefficient (Wildman–Crippen LogP) is 3.61. The molecule has 22 heavy (non-hydrogen) atoms. The summed E-state index contributed by atoms with van der Waals surface area (Å²) in [5.74, 6) is 2.28. The lowest BCUT2D eigenvalue weighted by molar-refractivity contribution is -0.125. The van der Waals surface area contributed by atoms with E-state index in [2.05, 4.69) is 17.2 Å². The molecule has 0 aromatic carbocycles. The summed E-state index contributed by atoms with van der Waals surface area (Å²) in [7, 11) is 0. The molecule has 4 nitrogen and oxygen atoms in total. The van der Waals surface area contributed by atoms with Crippen molar-refractivity contribution in [3.63, 3.8) is 0 Å². The fraction of sp³-hybridized carbons (Fsp3) is 0.647. The fourth-order valence-electron chi connectivity index (χ4n) is 2.89. The first-order chi connectivity index (χ1) is 10.6. The maximum atomic E-state index is 12.6. The van der Waals surface area contributed by atoms with E-state index >= 15 is 0 Å². The van der Waals surface area contributed by atoms with E-state index in [-0.39, 0.29) is 17.9 Å². The van der Waals surface area contributed by atoms with Crippen LogP contribution in [0.4, 0.5) is 5.82 Å². The van der Waals surface area contributed by atoms with Crippen LogP contribution in [0.5, 0.6) is 0 Å². The van der Waals surface area contributed by atoms with Gasteiger partial charge in [0.2, 0.25) is 5.91 Å². The number of rotatable bonds is 6. The van der Waals surface area contributed by atoms with E-state index in [0.717, 1.165) is 42.8 Å². The SMILES string of the molecule is CC1(C(=O)Nc2cc(CSCCO)ccn2)CCCCCC1. The highest BCUT2D eigenvalue weighted by Gasteiger charge is 2.33. The summed E-state index contributed by atoms with van der Waals surface area (Å²) in [6, 6.07) is 3.88.